The summed E-state index contributed by atoms with van der Waals surface area (Å²) in [6, 6.07) is 8.40. The molecule has 1 aliphatic heterocycles. The SMILES string of the molecule is O=C(CN1CCCC1=O)N[C@H]1CCCc2ccccc21. The van der Waals surface area contributed by atoms with Gasteiger partial charge in [-0.3, -0.25) is 9.59 Å². The Morgan fingerprint density at radius 2 is 2.10 bits per heavy atom. The highest BCUT2D eigenvalue weighted by Crippen LogP contribution is 2.29. The third-order valence-electron chi connectivity index (χ3n) is 4.21. The van der Waals surface area contributed by atoms with E-state index in [1.165, 1.54) is 11.1 Å². The van der Waals surface area contributed by atoms with Crippen molar-refractivity contribution in [3.63, 3.8) is 0 Å². The van der Waals surface area contributed by atoms with Crippen LogP contribution in [0.25, 0.3) is 0 Å². The molecule has 3 rings (SSSR count). The first-order chi connectivity index (χ1) is 9.74. The molecule has 1 N–H and O–H groups in total. The lowest BCUT2D eigenvalue weighted by Crippen LogP contribution is -2.40. The number of rotatable bonds is 3. The first kappa shape index (κ1) is 13.2. The number of carbonyl (C=O) groups is 2. The van der Waals surface area contributed by atoms with E-state index in [0.29, 0.717) is 13.0 Å². The number of aryl methyl sites for hydroxylation is 1. The standard InChI is InChI=1S/C16H20N2O2/c19-15(11-18-10-4-9-16(18)20)17-14-8-3-6-12-5-1-2-7-13(12)14/h1-2,5,7,14H,3-4,6,8-11H2,(H,17,19)/t14-/m0/s1. The van der Waals surface area contributed by atoms with Crippen molar-refractivity contribution in [2.45, 2.75) is 38.1 Å². The smallest absolute Gasteiger partial charge is 0.240 e. The van der Waals surface area contributed by atoms with Crippen molar-refractivity contribution in [2.24, 2.45) is 0 Å². The third kappa shape index (κ3) is 2.69. The molecule has 1 fully saturated rings. The molecular formula is C16H20N2O2. The summed E-state index contributed by atoms with van der Waals surface area (Å²) in [6.07, 6.45) is 4.63. The molecule has 4 heteroatoms. The number of amides is 2. The van der Waals surface area contributed by atoms with Crippen LogP contribution in [0.1, 0.15) is 42.9 Å². The van der Waals surface area contributed by atoms with Crippen molar-refractivity contribution >= 4 is 11.8 Å². The first-order valence-electron chi connectivity index (χ1n) is 7.39. The summed E-state index contributed by atoms with van der Waals surface area (Å²) in [5, 5.41) is 3.09. The van der Waals surface area contributed by atoms with Gasteiger partial charge in [-0.05, 0) is 36.8 Å². The molecular weight excluding hydrogens is 252 g/mol. The summed E-state index contributed by atoms with van der Waals surface area (Å²) < 4.78 is 0. The minimum atomic E-state index is -0.0399. The molecule has 0 radical (unpaired) electrons. The van der Waals surface area contributed by atoms with Gasteiger partial charge in [0.15, 0.2) is 0 Å². The minimum absolute atomic E-state index is 0.0399. The number of benzene rings is 1. The van der Waals surface area contributed by atoms with E-state index >= 15 is 0 Å². The van der Waals surface area contributed by atoms with Crippen LogP contribution in [0, 0.1) is 0 Å². The normalized spacial score (nSPS) is 21.7. The van der Waals surface area contributed by atoms with Crippen molar-refractivity contribution in [2.75, 3.05) is 13.1 Å². The van der Waals surface area contributed by atoms with E-state index in [-0.39, 0.29) is 24.4 Å². The van der Waals surface area contributed by atoms with E-state index < -0.39 is 0 Å². The maximum Gasteiger partial charge on any atom is 0.240 e. The topological polar surface area (TPSA) is 49.4 Å². The number of likely N-dealkylation sites (tertiary alicyclic amines) is 1. The van der Waals surface area contributed by atoms with Gasteiger partial charge in [-0.25, -0.2) is 0 Å². The molecule has 1 aromatic carbocycles. The largest absolute Gasteiger partial charge is 0.348 e. The fourth-order valence-corrected chi connectivity index (χ4v) is 3.19. The minimum Gasteiger partial charge on any atom is -0.348 e. The zero-order chi connectivity index (χ0) is 13.9. The third-order valence-corrected chi connectivity index (χ3v) is 4.21. The Morgan fingerprint density at radius 1 is 1.25 bits per heavy atom. The van der Waals surface area contributed by atoms with Crippen LogP contribution >= 0.6 is 0 Å². The Kier molecular flexibility index (Phi) is 3.72. The lowest BCUT2D eigenvalue weighted by Gasteiger charge is -2.27. The van der Waals surface area contributed by atoms with Crippen LogP contribution in [0.15, 0.2) is 24.3 Å². The molecule has 2 aliphatic rings. The Balaban J connectivity index is 1.63. The molecule has 106 valence electrons. The molecule has 0 saturated carbocycles. The van der Waals surface area contributed by atoms with Gasteiger partial charge in [0, 0.05) is 13.0 Å². The van der Waals surface area contributed by atoms with Crippen LogP contribution in [0.5, 0.6) is 0 Å². The van der Waals surface area contributed by atoms with Gasteiger partial charge < -0.3 is 10.2 Å². The van der Waals surface area contributed by atoms with E-state index in [1.807, 2.05) is 12.1 Å². The summed E-state index contributed by atoms with van der Waals surface area (Å²) in [7, 11) is 0. The summed E-state index contributed by atoms with van der Waals surface area (Å²) in [5.41, 5.74) is 2.57. The van der Waals surface area contributed by atoms with Crippen LogP contribution in [0.3, 0.4) is 0 Å². The summed E-state index contributed by atoms with van der Waals surface area (Å²) in [6.45, 7) is 0.922. The molecule has 0 aromatic heterocycles. The van der Waals surface area contributed by atoms with Crippen molar-refractivity contribution in [1.82, 2.24) is 10.2 Å². The second kappa shape index (κ2) is 5.65. The van der Waals surface area contributed by atoms with Gasteiger partial charge in [0.05, 0.1) is 12.6 Å². The average molecular weight is 272 g/mol. The molecule has 4 nitrogen and oxygen atoms in total. The van der Waals surface area contributed by atoms with E-state index in [1.54, 1.807) is 4.90 Å². The second-order valence-electron chi connectivity index (χ2n) is 5.63. The zero-order valence-corrected chi connectivity index (χ0v) is 11.6. The molecule has 2 amide bonds. The molecule has 1 heterocycles. The molecule has 0 unspecified atom stereocenters. The predicted octanol–water partition coefficient (Wildman–Crippen LogP) is 1.80. The number of nitrogens with zero attached hydrogens (tertiary/aromatic N) is 1. The van der Waals surface area contributed by atoms with Crippen LogP contribution in [-0.4, -0.2) is 29.8 Å². The van der Waals surface area contributed by atoms with Crippen molar-refractivity contribution < 1.29 is 9.59 Å². The van der Waals surface area contributed by atoms with Crippen LogP contribution in [0.2, 0.25) is 0 Å². The lowest BCUT2D eigenvalue weighted by molar-refractivity contribution is -0.133. The molecule has 1 aliphatic carbocycles. The fourth-order valence-electron chi connectivity index (χ4n) is 3.19. The van der Waals surface area contributed by atoms with Crippen LogP contribution in [0.4, 0.5) is 0 Å². The van der Waals surface area contributed by atoms with E-state index in [2.05, 4.69) is 17.4 Å². The van der Waals surface area contributed by atoms with Gasteiger partial charge in [-0.1, -0.05) is 24.3 Å². The maximum atomic E-state index is 12.1. The van der Waals surface area contributed by atoms with Gasteiger partial charge in [0.2, 0.25) is 11.8 Å². The number of fused-ring (bicyclic) bond motifs is 1. The van der Waals surface area contributed by atoms with Gasteiger partial charge in [0.1, 0.15) is 0 Å². The number of nitrogens with one attached hydrogen (secondary N) is 1. The Morgan fingerprint density at radius 3 is 2.90 bits per heavy atom. The monoisotopic (exact) mass is 272 g/mol. The quantitative estimate of drug-likeness (QED) is 0.912. The summed E-state index contributed by atoms with van der Waals surface area (Å²) in [4.78, 5) is 25.3. The van der Waals surface area contributed by atoms with Crippen LogP contribution < -0.4 is 5.32 Å². The molecule has 0 bridgehead atoms. The molecule has 1 aromatic rings. The zero-order valence-electron chi connectivity index (χ0n) is 11.6. The highest BCUT2D eigenvalue weighted by atomic mass is 16.2. The summed E-state index contributed by atoms with van der Waals surface area (Å²) in [5.74, 6) is 0.0612. The number of carbonyl (C=O) groups excluding carboxylic acids is 2. The van der Waals surface area contributed by atoms with E-state index in [0.717, 1.165) is 25.7 Å². The Bertz CT molecular complexity index is 527. The average Bonchev–Trinajstić information content (AvgIpc) is 2.85. The van der Waals surface area contributed by atoms with Gasteiger partial charge in [-0.2, -0.15) is 0 Å². The Hall–Kier alpha value is -1.84. The van der Waals surface area contributed by atoms with Gasteiger partial charge in [-0.15, -0.1) is 0 Å². The van der Waals surface area contributed by atoms with E-state index in [4.69, 9.17) is 0 Å². The molecule has 1 saturated heterocycles. The van der Waals surface area contributed by atoms with Crippen LogP contribution in [-0.2, 0) is 16.0 Å². The highest BCUT2D eigenvalue weighted by molar-refractivity contribution is 5.86. The second-order valence-corrected chi connectivity index (χ2v) is 5.63. The van der Waals surface area contributed by atoms with E-state index in [9.17, 15) is 9.59 Å². The lowest BCUT2D eigenvalue weighted by atomic mass is 9.88. The Labute approximate surface area is 119 Å². The molecule has 1 atom stereocenters. The van der Waals surface area contributed by atoms with Gasteiger partial charge in [0.25, 0.3) is 0 Å². The predicted molar refractivity (Wildman–Crippen MR) is 76.1 cm³/mol. The summed E-state index contributed by atoms with van der Waals surface area (Å²) >= 11 is 0. The molecule has 20 heavy (non-hydrogen) atoms. The number of hydrogen-bond donors (Lipinski definition) is 1. The maximum absolute atomic E-state index is 12.1. The first-order valence-corrected chi connectivity index (χ1v) is 7.39. The van der Waals surface area contributed by atoms with Crippen molar-refractivity contribution in [3.05, 3.63) is 35.4 Å². The van der Waals surface area contributed by atoms with Crippen molar-refractivity contribution in [1.29, 1.82) is 0 Å². The molecule has 0 spiro atoms. The highest BCUT2D eigenvalue weighted by Gasteiger charge is 2.25. The number of hydrogen-bond acceptors (Lipinski definition) is 2. The van der Waals surface area contributed by atoms with Crippen molar-refractivity contribution in [3.8, 4) is 0 Å². The van der Waals surface area contributed by atoms with Gasteiger partial charge >= 0.3 is 0 Å². The fraction of sp³-hybridized carbons (Fsp3) is 0.500.